The van der Waals surface area contributed by atoms with Gasteiger partial charge >= 0.3 is 0 Å². The van der Waals surface area contributed by atoms with E-state index in [1.165, 1.54) is 0 Å². The van der Waals surface area contributed by atoms with Crippen LogP contribution in [0.4, 0.5) is 0 Å². The molecule has 0 aromatic rings. The fraction of sp³-hybridized carbons (Fsp3) is 1.00. The predicted molar refractivity (Wildman–Crippen MR) is 37.3 cm³/mol. The van der Waals surface area contributed by atoms with Crippen molar-refractivity contribution in [1.29, 1.82) is 0 Å². The second-order valence-electron chi connectivity index (χ2n) is 2.62. The third kappa shape index (κ3) is 2.80. The maximum absolute atomic E-state index is 5.39. The number of nitrogens with two attached hydrogens (primary N) is 2. The Morgan fingerprint density at radius 2 is 2.18 bits per heavy atom. The van der Waals surface area contributed by atoms with Gasteiger partial charge in [-0.15, -0.1) is 0 Å². The second kappa shape index (κ2) is 4.53. The van der Waals surface area contributed by atoms with E-state index in [1.807, 2.05) is 6.92 Å². The van der Waals surface area contributed by atoms with Gasteiger partial charge in [0.25, 0.3) is 0 Å². The third-order valence-corrected chi connectivity index (χ3v) is 1.62. The van der Waals surface area contributed by atoms with Gasteiger partial charge in [0.15, 0.2) is 5.79 Å². The number of ether oxygens (including phenoxy) is 2. The summed E-state index contributed by atoms with van der Waals surface area (Å²) in [6.45, 7) is 3.26. The molecule has 0 aliphatic carbocycles. The van der Waals surface area contributed by atoms with Crippen LogP contribution in [0.5, 0.6) is 0 Å². The van der Waals surface area contributed by atoms with Crippen molar-refractivity contribution in [3.8, 4) is 0 Å². The van der Waals surface area contributed by atoms with Crippen LogP contribution in [0.3, 0.4) is 0 Å². The monoisotopic (exact) mass is 341 g/mol. The fourth-order valence-corrected chi connectivity index (χ4v) is 0.913. The van der Waals surface area contributed by atoms with Crippen molar-refractivity contribution >= 4 is 0 Å². The summed E-state index contributed by atoms with van der Waals surface area (Å²) in [5.41, 5.74) is 10.8. The zero-order chi connectivity index (χ0) is 7.61. The smallest absolute Gasteiger partial charge is 0.178 e. The van der Waals surface area contributed by atoms with Crippen molar-refractivity contribution in [2.45, 2.75) is 18.8 Å². The molecule has 1 fully saturated rings. The molecule has 1 rings (SSSR count). The molecule has 0 saturated carbocycles. The van der Waals surface area contributed by atoms with E-state index in [9.17, 15) is 0 Å². The first-order chi connectivity index (χ1) is 4.70. The zero-order valence-corrected chi connectivity index (χ0v) is 8.76. The Labute approximate surface area is 80.9 Å². The van der Waals surface area contributed by atoms with Gasteiger partial charge in [-0.05, 0) is 6.92 Å². The summed E-state index contributed by atoms with van der Waals surface area (Å²) in [5, 5.41) is 0. The molecule has 0 radical (unpaired) electrons. The Balaban J connectivity index is 0.000001000. The van der Waals surface area contributed by atoms with E-state index >= 15 is 0 Å². The summed E-state index contributed by atoms with van der Waals surface area (Å²) >= 11 is 0. The minimum atomic E-state index is -0.593. The Bertz CT molecular complexity index is 125. The van der Waals surface area contributed by atoms with Crippen LogP contribution in [0.2, 0.25) is 0 Å². The van der Waals surface area contributed by atoms with Crippen LogP contribution in [-0.4, -0.2) is 31.6 Å². The standard InChI is InChI=1S/C6H14N2O2.Pt/c1-6(4-8)9-3-5(2-7)10-6;/h5H,2-4,7-8H2,1H3;. The maximum atomic E-state index is 5.39. The summed E-state index contributed by atoms with van der Waals surface area (Å²) in [6.07, 6.45) is 0.0218. The molecule has 1 saturated heterocycles. The van der Waals surface area contributed by atoms with Gasteiger partial charge in [0.2, 0.25) is 0 Å². The molecule has 1 aliphatic rings. The molecule has 0 amide bonds. The van der Waals surface area contributed by atoms with Gasteiger partial charge in [0, 0.05) is 34.2 Å². The molecular weight excluding hydrogens is 327 g/mol. The van der Waals surface area contributed by atoms with Gasteiger partial charge in [0.1, 0.15) is 0 Å². The Hall–Kier alpha value is 0.528. The van der Waals surface area contributed by atoms with E-state index in [2.05, 4.69) is 0 Å². The summed E-state index contributed by atoms with van der Waals surface area (Å²) in [5.74, 6) is -0.593. The van der Waals surface area contributed by atoms with E-state index in [0.717, 1.165) is 0 Å². The van der Waals surface area contributed by atoms with E-state index in [0.29, 0.717) is 19.7 Å². The van der Waals surface area contributed by atoms with Crippen molar-refractivity contribution in [2.24, 2.45) is 11.5 Å². The fourth-order valence-electron chi connectivity index (χ4n) is 0.913. The largest absolute Gasteiger partial charge is 0.346 e. The van der Waals surface area contributed by atoms with Gasteiger partial charge < -0.3 is 20.9 Å². The number of rotatable bonds is 2. The van der Waals surface area contributed by atoms with Crippen LogP contribution in [0, 0.1) is 0 Å². The van der Waals surface area contributed by atoms with Gasteiger partial charge in [-0.1, -0.05) is 0 Å². The summed E-state index contributed by atoms with van der Waals surface area (Å²) < 4.78 is 10.6. The van der Waals surface area contributed by atoms with Crippen molar-refractivity contribution in [2.75, 3.05) is 19.7 Å². The van der Waals surface area contributed by atoms with E-state index in [4.69, 9.17) is 20.9 Å². The Morgan fingerprint density at radius 3 is 2.45 bits per heavy atom. The minimum Gasteiger partial charge on any atom is -0.346 e. The number of hydrogen-bond acceptors (Lipinski definition) is 4. The second-order valence-corrected chi connectivity index (χ2v) is 2.62. The van der Waals surface area contributed by atoms with Crippen LogP contribution in [-0.2, 0) is 30.5 Å². The van der Waals surface area contributed by atoms with Crippen molar-refractivity contribution in [3.63, 3.8) is 0 Å². The molecule has 1 aliphatic heterocycles. The number of hydrogen-bond donors (Lipinski definition) is 2. The first-order valence-corrected chi connectivity index (χ1v) is 3.42. The average molecular weight is 341 g/mol. The molecule has 4 nitrogen and oxygen atoms in total. The molecule has 2 unspecified atom stereocenters. The van der Waals surface area contributed by atoms with E-state index < -0.39 is 5.79 Å². The molecule has 0 bridgehead atoms. The Morgan fingerprint density at radius 1 is 1.55 bits per heavy atom. The van der Waals surface area contributed by atoms with Crippen molar-refractivity contribution in [3.05, 3.63) is 0 Å². The van der Waals surface area contributed by atoms with E-state index in [1.54, 1.807) is 0 Å². The minimum absolute atomic E-state index is 0. The SMILES string of the molecule is CC1(CN)OCC(CN)O1.[Pt]. The first kappa shape index (κ1) is 11.5. The molecule has 4 N–H and O–H groups in total. The van der Waals surface area contributed by atoms with Crippen LogP contribution < -0.4 is 11.5 Å². The normalized spacial score (nSPS) is 36.8. The quantitative estimate of drug-likeness (QED) is 0.678. The Kier molecular flexibility index (Phi) is 4.75. The molecule has 70 valence electrons. The van der Waals surface area contributed by atoms with Crippen LogP contribution in [0.25, 0.3) is 0 Å². The van der Waals surface area contributed by atoms with Crippen molar-refractivity contribution < 1.29 is 30.5 Å². The van der Waals surface area contributed by atoms with Gasteiger partial charge in [-0.2, -0.15) is 0 Å². The summed E-state index contributed by atoms with van der Waals surface area (Å²) in [4.78, 5) is 0. The summed E-state index contributed by atoms with van der Waals surface area (Å²) in [7, 11) is 0. The predicted octanol–water partition coefficient (Wildman–Crippen LogP) is -0.967. The average Bonchev–Trinajstić information content (AvgIpc) is 2.33. The summed E-state index contributed by atoms with van der Waals surface area (Å²) in [6, 6.07) is 0. The van der Waals surface area contributed by atoms with Crippen LogP contribution in [0.1, 0.15) is 6.92 Å². The first-order valence-electron chi connectivity index (χ1n) is 3.42. The molecule has 1 heterocycles. The van der Waals surface area contributed by atoms with Crippen molar-refractivity contribution in [1.82, 2.24) is 0 Å². The van der Waals surface area contributed by atoms with Gasteiger partial charge in [0.05, 0.1) is 12.7 Å². The maximum Gasteiger partial charge on any atom is 0.178 e. The molecule has 0 aromatic heterocycles. The molecule has 2 atom stereocenters. The zero-order valence-electron chi connectivity index (χ0n) is 6.49. The molecule has 0 aromatic carbocycles. The van der Waals surface area contributed by atoms with E-state index in [-0.39, 0.29) is 27.2 Å². The third-order valence-electron chi connectivity index (χ3n) is 1.62. The van der Waals surface area contributed by atoms with Gasteiger partial charge in [-0.25, -0.2) is 0 Å². The molecule has 11 heavy (non-hydrogen) atoms. The topological polar surface area (TPSA) is 70.5 Å². The molecule has 0 spiro atoms. The van der Waals surface area contributed by atoms with Crippen LogP contribution in [0.15, 0.2) is 0 Å². The molecule has 5 heteroatoms. The van der Waals surface area contributed by atoms with Gasteiger partial charge in [-0.3, -0.25) is 0 Å². The van der Waals surface area contributed by atoms with Crippen LogP contribution >= 0.6 is 0 Å². The molecular formula is C6H14N2O2Pt.